The number of hydrogen-bond acceptors (Lipinski definition) is 4. The summed E-state index contributed by atoms with van der Waals surface area (Å²) in [4.78, 5) is 13.9. The number of nitrogens with one attached hydrogen (secondary N) is 1. The van der Waals surface area contributed by atoms with Gasteiger partial charge in [-0.15, -0.1) is 0 Å². The van der Waals surface area contributed by atoms with Gasteiger partial charge in [0.05, 0.1) is 13.2 Å². The highest BCUT2D eigenvalue weighted by Gasteiger charge is 2.17. The normalized spacial score (nSPS) is 20.9. The molecule has 1 aliphatic heterocycles. The zero-order valence-electron chi connectivity index (χ0n) is 10.9. The number of morpholine rings is 1. The molecule has 100 valence electrons. The molecule has 1 rings (SSSR count). The summed E-state index contributed by atoms with van der Waals surface area (Å²) in [5.41, 5.74) is 5.61. The van der Waals surface area contributed by atoms with Crippen LogP contribution in [-0.4, -0.2) is 55.7 Å². The Morgan fingerprint density at radius 2 is 2.06 bits per heavy atom. The molecule has 1 aliphatic rings. The summed E-state index contributed by atoms with van der Waals surface area (Å²) in [6.45, 7) is 8.26. The average Bonchev–Trinajstić information content (AvgIpc) is 2.34. The van der Waals surface area contributed by atoms with Crippen LogP contribution in [0.1, 0.15) is 26.7 Å². The van der Waals surface area contributed by atoms with Crippen molar-refractivity contribution in [3.05, 3.63) is 0 Å². The predicted octanol–water partition coefficient (Wildman–Crippen LogP) is -0.0493. The Labute approximate surface area is 104 Å². The molecule has 3 N–H and O–H groups in total. The SMILES string of the molecule is CC(N)CCC(=O)NCC(C)N1CCOCC1. The molecule has 0 aromatic heterocycles. The number of ether oxygens (including phenoxy) is 1. The summed E-state index contributed by atoms with van der Waals surface area (Å²) in [6.07, 6.45) is 1.27. The van der Waals surface area contributed by atoms with Crippen LogP contribution < -0.4 is 11.1 Å². The molecule has 1 fully saturated rings. The van der Waals surface area contributed by atoms with E-state index in [0.29, 0.717) is 19.0 Å². The Bertz CT molecular complexity index is 228. The van der Waals surface area contributed by atoms with E-state index in [1.807, 2.05) is 6.92 Å². The second-order valence-electron chi connectivity index (χ2n) is 4.82. The Balaban J connectivity index is 2.13. The topological polar surface area (TPSA) is 67.6 Å². The van der Waals surface area contributed by atoms with Gasteiger partial charge in [0.15, 0.2) is 0 Å². The minimum atomic E-state index is 0.0948. The van der Waals surface area contributed by atoms with Crippen LogP contribution in [0.2, 0.25) is 0 Å². The third kappa shape index (κ3) is 6.00. The van der Waals surface area contributed by atoms with Gasteiger partial charge >= 0.3 is 0 Å². The van der Waals surface area contributed by atoms with E-state index in [0.717, 1.165) is 32.7 Å². The lowest BCUT2D eigenvalue weighted by Gasteiger charge is -2.32. The maximum atomic E-state index is 11.5. The summed E-state index contributed by atoms with van der Waals surface area (Å²) in [6, 6.07) is 0.468. The zero-order valence-corrected chi connectivity index (χ0v) is 10.9. The molecule has 0 aromatic rings. The molecule has 2 unspecified atom stereocenters. The molecule has 1 heterocycles. The lowest BCUT2D eigenvalue weighted by molar-refractivity contribution is -0.121. The molecule has 1 saturated heterocycles. The molecule has 17 heavy (non-hydrogen) atoms. The molecule has 0 aliphatic carbocycles. The highest BCUT2D eigenvalue weighted by Crippen LogP contribution is 2.02. The molecular weight excluding hydrogens is 218 g/mol. The summed E-state index contributed by atoms with van der Waals surface area (Å²) < 4.78 is 5.30. The zero-order chi connectivity index (χ0) is 12.7. The Kier molecular flexibility index (Phi) is 6.47. The summed E-state index contributed by atoms with van der Waals surface area (Å²) in [5, 5.41) is 2.96. The van der Waals surface area contributed by atoms with E-state index >= 15 is 0 Å². The quantitative estimate of drug-likeness (QED) is 0.686. The van der Waals surface area contributed by atoms with Crippen molar-refractivity contribution < 1.29 is 9.53 Å². The molecule has 1 amide bonds. The molecule has 0 spiro atoms. The highest BCUT2D eigenvalue weighted by atomic mass is 16.5. The van der Waals surface area contributed by atoms with Gasteiger partial charge in [0.25, 0.3) is 0 Å². The first-order chi connectivity index (χ1) is 8.09. The van der Waals surface area contributed by atoms with E-state index < -0.39 is 0 Å². The van der Waals surface area contributed by atoms with Crippen LogP contribution >= 0.6 is 0 Å². The fourth-order valence-electron chi connectivity index (χ4n) is 1.86. The number of hydrogen-bond donors (Lipinski definition) is 2. The van der Waals surface area contributed by atoms with Crippen molar-refractivity contribution in [3.63, 3.8) is 0 Å². The van der Waals surface area contributed by atoms with E-state index in [1.165, 1.54) is 0 Å². The van der Waals surface area contributed by atoms with Gasteiger partial charge in [0.2, 0.25) is 5.91 Å². The van der Waals surface area contributed by atoms with E-state index in [2.05, 4.69) is 17.1 Å². The third-order valence-electron chi connectivity index (χ3n) is 3.09. The Morgan fingerprint density at radius 3 is 2.65 bits per heavy atom. The molecule has 0 bridgehead atoms. The maximum Gasteiger partial charge on any atom is 0.220 e. The molecule has 5 nitrogen and oxygen atoms in total. The Morgan fingerprint density at radius 1 is 1.41 bits per heavy atom. The van der Waals surface area contributed by atoms with Crippen molar-refractivity contribution in [2.45, 2.75) is 38.8 Å². The highest BCUT2D eigenvalue weighted by molar-refractivity contribution is 5.75. The molecular formula is C12H25N3O2. The number of nitrogens with zero attached hydrogens (tertiary/aromatic N) is 1. The van der Waals surface area contributed by atoms with Gasteiger partial charge in [-0.2, -0.15) is 0 Å². The minimum Gasteiger partial charge on any atom is -0.379 e. The molecule has 0 aromatic carbocycles. The number of rotatable bonds is 6. The van der Waals surface area contributed by atoms with Crippen LogP contribution in [0.4, 0.5) is 0 Å². The Hall–Kier alpha value is -0.650. The van der Waals surface area contributed by atoms with Gasteiger partial charge in [-0.3, -0.25) is 9.69 Å². The van der Waals surface area contributed by atoms with Crippen LogP contribution in [0, 0.1) is 0 Å². The van der Waals surface area contributed by atoms with Crippen molar-refractivity contribution >= 4 is 5.91 Å². The first-order valence-corrected chi connectivity index (χ1v) is 6.43. The second-order valence-corrected chi connectivity index (χ2v) is 4.82. The van der Waals surface area contributed by atoms with Crippen LogP contribution in [0.25, 0.3) is 0 Å². The number of carbonyl (C=O) groups is 1. The van der Waals surface area contributed by atoms with E-state index in [1.54, 1.807) is 0 Å². The summed E-state index contributed by atoms with van der Waals surface area (Å²) >= 11 is 0. The van der Waals surface area contributed by atoms with Gasteiger partial charge in [-0.25, -0.2) is 0 Å². The fraction of sp³-hybridized carbons (Fsp3) is 0.917. The average molecular weight is 243 g/mol. The van der Waals surface area contributed by atoms with Gasteiger partial charge in [0, 0.05) is 38.1 Å². The summed E-state index contributed by atoms with van der Waals surface area (Å²) in [5.74, 6) is 0.0995. The number of nitrogens with two attached hydrogens (primary N) is 1. The molecule has 0 saturated carbocycles. The first kappa shape index (κ1) is 14.4. The van der Waals surface area contributed by atoms with Crippen molar-refractivity contribution in [2.24, 2.45) is 5.73 Å². The maximum absolute atomic E-state index is 11.5. The first-order valence-electron chi connectivity index (χ1n) is 6.43. The standard InChI is InChI=1S/C12H25N3O2/c1-10(13)3-4-12(16)14-9-11(2)15-5-7-17-8-6-15/h10-11H,3-9,13H2,1-2H3,(H,14,16). The van der Waals surface area contributed by atoms with Gasteiger partial charge in [-0.1, -0.05) is 0 Å². The van der Waals surface area contributed by atoms with Crippen molar-refractivity contribution in [1.29, 1.82) is 0 Å². The van der Waals surface area contributed by atoms with Crippen molar-refractivity contribution in [1.82, 2.24) is 10.2 Å². The fourth-order valence-corrected chi connectivity index (χ4v) is 1.86. The van der Waals surface area contributed by atoms with E-state index in [9.17, 15) is 4.79 Å². The van der Waals surface area contributed by atoms with Gasteiger partial charge in [0.1, 0.15) is 0 Å². The lowest BCUT2D eigenvalue weighted by Crippen LogP contribution is -2.47. The largest absolute Gasteiger partial charge is 0.379 e. The predicted molar refractivity (Wildman–Crippen MR) is 67.7 cm³/mol. The number of amides is 1. The monoisotopic (exact) mass is 243 g/mol. The second kappa shape index (κ2) is 7.63. The molecule has 5 heteroatoms. The minimum absolute atomic E-state index is 0.0948. The summed E-state index contributed by atoms with van der Waals surface area (Å²) in [7, 11) is 0. The van der Waals surface area contributed by atoms with E-state index in [4.69, 9.17) is 10.5 Å². The van der Waals surface area contributed by atoms with Crippen LogP contribution in [0.5, 0.6) is 0 Å². The smallest absolute Gasteiger partial charge is 0.220 e. The molecule has 0 radical (unpaired) electrons. The van der Waals surface area contributed by atoms with Crippen LogP contribution in [-0.2, 0) is 9.53 Å². The van der Waals surface area contributed by atoms with Crippen molar-refractivity contribution in [2.75, 3.05) is 32.8 Å². The van der Waals surface area contributed by atoms with E-state index in [-0.39, 0.29) is 11.9 Å². The third-order valence-corrected chi connectivity index (χ3v) is 3.09. The number of carbonyl (C=O) groups excluding carboxylic acids is 1. The molecule has 2 atom stereocenters. The van der Waals surface area contributed by atoms with Gasteiger partial charge in [-0.05, 0) is 20.3 Å². The lowest BCUT2D eigenvalue weighted by atomic mass is 10.2. The van der Waals surface area contributed by atoms with Crippen LogP contribution in [0.15, 0.2) is 0 Å². The van der Waals surface area contributed by atoms with Crippen molar-refractivity contribution in [3.8, 4) is 0 Å². The van der Waals surface area contributed by atoms with Gasteiger partial charge < -0.3 is 15.8 Å². The van der Waals surface area contributed by atoms with Crippen LogP contribution in [0.3, 0.4) is 0 Å².